The zero-order valence-electron chi connectivity index (χ0n) is 23.9. The summed E-state index contributed by atoms with van der Waals surface area (Å²) < 4.78 is 42.0. The largest absolute Gasteiger partial charge is 0.399 e. The molecule has 3 N–H and O–H groups in total. The van der Waals surface area contributed by atoms with Crippen molar-refractivity contribution >= 4 is 52.4 Å². The Kier molecular flexibility index (Phi) is 8.51. The van der Waals surface area contributed by atoms with Crippen molar-refractivity contribution in [1.82, 2.24) is 20.0 Å². The van der Waals surface area contributed by atoms with Crippen LogP contribution in [0, 0.1) is 0 Å². The molecule has 0 spiro atoms. The molecule has 15 heteroatoms. The molecular weight excluding hydrogens is 603 g/mol. The number of fused-ring (bicyclic) bond motifs is 2. The van der Waals surface area contributed by atoms with Gasteiger partial charge >= 0.3 is 13.3 Å². The van der Waals surface area contributed by atoms with E-state index in [9.17, 15) is 27.7 Å². The molecule has 0 saturated carbocycles. The first-order valence-corrected chi connectivity index (χ1v) is 16.5. The number of rotatable bonds is 7. The number of halogens is 2. The van der Waals surface area contributed by atoms with Crippen LogP contribution in [0.15, 0.2) is 36.7 Å². The Hall–Kier alpha value is -3.19. The van der Waals surface area contributed by atoms with Crippen molar-refractivity contribution in [3.05, 3.63) is 47.1 Å². The molecule has 0 radical (unpaired) electrons. The normalized spacial score (nSPS) is 21.5. The van der Waals surface area contributed by atoms with Gasteiger partial charge < -0.3 is 24.9 Å². The maximum Gasteiger partial charge on any atom is 0.399 e. The van der Waals surface area contributed by atoms with E-state index in [1.54, 1.807) is 29.0 Å². The molecule has 1 aromatic carbocycles. The van der Waals surface area contributed by atoms with E-state index in [1.807, 2.05) is 13.8 Å². The molecule has 232 valence electrons. The van der Waals surface area contributed by atoms with E-state index >= 15 is 0 Å². The zero-order chi connectivity index (χ0) is 31.3. The highest BCUT2D eigenvalue weighted by Gasteiger charge is 2.50. The minimum Gasteiger partial charge on any atom is -0.340 e. The second-order valence-electron chi connectivity index (χ2n) is 11.4. The molecule has 3 amide bonds. The Balaban J connectivity index is 1.34. The van der Waals surface area contributed by atoms with Gasteiger partial charge in [0.15, 0.2) is 0 Å². The molecule has 2 aliphatic heterocycles. The second-order valence-corrected chi connectivity index (χ2v) is 14.2. The summed E-state index contributed by atoms with van der Waals surface area (Å²) in [5, 5.41) is 7.33. The Bertz CT molecular complexity index is 1600. The second kappa shape index (κ2) is 11.7. The highest BCUT2D eigenvalue weighted by molar-refractivity contribution is 7.52. The quantitative estimate of drug-likeness (QED) is 0.321. The summed E-state index contributed by atoms with van der Waals surface area (Å²) in [5.41, 5.74) is -4.61. The van der Waals surface area contributed by atoms with E-state index in [4.69, 9.17) is 9.79 Å². The number of amides is 3. The van der Waals surface area contributed by atoms with Crippen molar-refractivity contribution in [3.8, 4) is 0 Å². The minimum absolute atomic E-state index is 0.119. The first-order chi connectivity index (χ1) is 20.2. The summed E-state index contributed by atoms with van der Waals surface area (Å²) in [5.74, 6) is -1.12. The predicted molar refractivity (Wildman–Crippen MR) is 157 cm³/mol. The van der Waals surface area contributed by atoms with Gasteiger partial charge in [-0.2, -0.15) is 13.9 Å². The Morgan fingerprint density at radius 1 is 1.16 bits per heavy atom. The number of nitrogens with zero attached hydrogens (tertiary/aromatic N) is 4. The molecule has 3 atom stereocenters. The molecule has 5 rings (SSSR count). The molecule has 2 fully saturated rings. The van der Waals surface area contributed by atoms with Gasteiger partial charge in [0.25, 0.3) is 5.91 Å². The van der Waals surface area contributed by atoms with E-state index in [1.165, 1.54) is 17.0 Å². The summed E-state index contributed by atoms with van der Waals surface area (Å²) in [4.78, 5) is 62.3. The number of likely N-dealkylation sites (N-methyl/N-ethyl adjacent to an activating group) is 1. The Morgan fingerprint density at radius 3 is 2.56 bits per heavy atom. The number of anilines is 1. The Labute approximate surface area is 251 Å². The topological polar surface area (TPSA) is 145 Å². The maximum atomic E-state index is 14.2. The molecular formula is C28H34F2N5O6PS. The van der Waals surface area contributed by atoms with Crippen LogP contribution < -0.4 is 10.2 Å². The van der Waals surface area contributed by atoms with Gasteiger partial charge in [-0.3, -0.25) is 23.6 Å². The minimum atomic E-state index is -5.75. The van der Waals surface area contributed by atoms with Crippen LogP contribution in [0.5, 0.6) is 0 Å². The molecule has 2 aliphatic rings. The van der Waals surface area contributed by atoms with Gasteiger partial charge in [0.05, 0.1) is 16.8 Å². The first kappa shape index (κ1) is 31.2. The third-order valence-corrected chi connectivity index (χ3v) is 10.3. The summed E-state index contributed by atoms with van der Waals surface area (Å²) in [7, 11) is -4.09. The molecule has 2 saturated heterocycles. The lowest BCUT2D eigenvalue weighted by molar-refractivity contribution is -0.141. The summed E-state index contributed by atoms with van der Waals surface area (Å²) in [6, 6.07) is 2.96. The first-order valence-electron chi connectivity index (χ1n) is 14.1. The van der Waals surface area contributed by atoms with E-state index in [0.29, 0.717) is 36.1 Å². The van der Waals surface area contributed by atoms with Gasteiger partial charge in [-0.05, 0) is 63.1 Å². The number of nitrogens with one attached hydrogen (secondary N) is 1. The molecule has 0 bridgehead atoms. The third kappa shape index (κ3) is 5.98. The number of hydrogen-bond donors (Lipinski definition) is 3. The SMILES string of the molecule is CC(C)n1cc(N(C)C(=O)[C@@H]2CC[C@@H]3CCCC[C@H](NC(=O)c4cc5cc(C(F)(F)P(=O)(O)O)ccc5s4)C(=O)N32)cn1. The number of alkyl halides is 2. The molecule has 43 heavy (non-hydrogen) atoms. The molecule has 4 heterocycles. The van der Waals surface area contributed by atoms with Crippen LogP contribution in [0.1, 0.15) is 73.6 Å². The summed E-state index contributed by atoms with van der Waals surface area (Å²) in [6.45, 7) is 3.96. The molecule has 2 aromatic heterocycles. The number of carbonyl (C=O) groups is 3. The van der Waals surface area contributed by atoms with E-state index in [-0.39, 0.29) is 34.2 Å². The van der Waals surface area contributed by atoms with Gasteiger partial charge in [-0.1, -0.05) is 18.9 Å². The molecule has 11 nitrogen and oxygen atoms in total. The van der Waals surface area contributed by atoms with Crippen LogP contribution in [0.2, 0.25) is 0 Å². The van der Waals surface area contributed by atoms with Crippen LogP contribution in [0.25, 0.3) is 10.1 Å². The number of thiophene rings is 1. The lowest BCUT2D eigenvalue weighted by Gasteiger charge is -2.36. The van der Waals surface area contributed by atoms with Crippen LogP contribution in [0.3, 0.4) is 0 Å². The Morgan fingerprint density at radius 2 is 1.88 bits per heavy atom. The van der Waals surface area contributed by atoms with E-state index in [2.05, 4.69) is 10.4 Å². The van der Waals surface area contributed by atoms with Crippen LogP contribution in [0.4, 0.5) is 14.5 Å². The van der Waals surface area contributed by atoms with Crippen molar-refractivity contribution in [2.75, 3.05) is 11.9 Å². The van der Waals surface area contributed by atoms with Gasteiger partial charge in [0, 0.05) is 35.6 Å². The van der Waals surface area contributed by atoms with E-state index in [0.717, 1.165) is 36.3 Å². The fourth-order valence-corrected chi connectivity index (χ4v) is 7.20. The molecule has 0 unspecified atom stereocenters. The van der Waals surface area contributed by atoms with Gasteiger partial charge in [-0.25, -0.2) is 0 Å². The van der Waals surface area contributed by atoms with Crippen molar-refractivity contribution in [2.45, 2.75) is 82.2 Å². The van der Waals surface area contributed by atoms with Crippen molar-refractivity contribution in [2.24, 2.45) is 0 Å². The van der Waals surface area contributed by atoms with Crippen LogP contribution >= 0.6 is 18.9 Å². The van der Waals surface area contributed by atoms with Gasteiger partial charge in [-0.15, -0.1) is 11.3 Å². The highest BCUT2D eigenvalue weighted by atomic mass is 32.1. The van der Waals surface area contributed by atoms with Crippen molar-refractivity contribution < 1.29 is 37.5 Å². The molecule has 0 aliphatic carbocycles. The lowest BCUT2D eigenvalue weighted by atomic mass is 9.99. The van der Waals surface area contributed by atoms with Crippen LogP contribution in [-0.4, -0.2) is 67.4 Å². The lowest BCUT2D eigenvalue weighted by Crippen LogP contribution is -2.56. The fourth-order valence-electron chi connectivity index (χ4n) is 5.78. The number of aromatic nitrogens is 2. The highest BCUT2D eigenvalue weighted by Crippen LogP contribution is 2.59. The average Bonchev–Trinajstić information content (AvgIpc) is 3.69. The summed E-state index contributed by atoms with van der Waals surface area (Å²) >= 11 is 1.02. The standard InChI is InChI=1S/C28H34F2N5O6PS/c1-16(2)34-15-20(14-31-34)33(3)27(38)22-10-9-19-6-4-5-7-21(26(37)35(19)22)32-25(36)24-13-17-12-18(8-11-23(17)43-24)28(29,30)42(39,40)41/h8,11-16,19,21-22H,4-7,9-10H2,1-3H3,(H,32,36)(H2,39,40,41)/t19-,21-,22-/m0/s1. The van der Waals surface area contributed by atoms with Gasteiger partial charge in [0.1, 0.15) is 12.1 Å². The smallest absolute Gasteiger partial charge is 0.340 e. The monoisotopic (exact) mass is 637 g/mol. The fraction of sp³-hybridized carbons (Fsp3) is 0.500. The predicted octanol–water partition coefficient (Wildman–Crippen LogP) is 4.60. The van der Waals surface area contributed by atoms with Crippen molar-refractivity contribution in [1.29, 1.82) is 0 Å². The van der Waals surface area contributed by atoms with Gasteiger partial charge in [0.2, 0.25) is 11.8 Å². The average molecular weight is 638 g/mol. The number of carbonyl (C=O) groups excluding carboxylic acids is 3. The van der Waals surface area contributed by atoms with Crippen LogP contribution in [-0.2, 0) is 19.8 Å². The zero-order valence-corrected chi connectivity index (χ0v) is 25.7. The van der Waals surface area contributed by atoms with E-state index < -0.39 is 36.8 Å². The summed E-state index contributed by atoms with van der Waals surface area (Å²) in [6.07, 6.45) is 7.28. The third-order valence-electron chi connectivity index (χ3n) is 8.21. The van der Waals surface area contributed by atoms with Crippen molar-refractivity contribution in [3.63, 3.8) is 0 Å². The number of benzene rings is 1. The number of hydrogen-bond acceptors (Lipinski definition) is 6. The maximum absolute atomic E-state index is 14.2. The molecule has 3 aromatic rings.